The Morgan fingerprint density at radius 2 is 1.41 bits per heavy atom. The number of halogens is 8. The first-order valence-corrected chi connectivity index (χ1v) is 11.9. The van der Waals surface area contributed by atoms with E-state index in [1.807, 2.05) is 30.3 Å². The van der Waals surface area contributed by atoms with Gasteiger partial charge in [-0.15, -0.1) is 0 Å². The largest absolute Gasteiger partial charge is 0.416 e. The normalized spacial score (nSPS) is 11.9. The van der Waals surface area contributed by atoms with Gasteiger partial charge in [0.15, 0.2) is 0 Å². The van der Waals surface area contributed by atoms with Gasteiger partial charge in [0.25, 0.3) is 0 Å². The van der Waals surface area contributed by atoms with Crippen molar-refractivity contribution >= 4 is 34.8 Å². The summed E-state index contributed by atoms with van der Waals surface area (Å²) in [5, 5.41) is 3.14. The zero-order valence-corrected chi connectivity index (χ0v) is 20.8. The van der Waals surface area contributed by atoms with Crippen molar-refractivity contribution in [3.63, 3.8) is 0 Å². The number of benzene rings is 3. The van der Waals surface area contributed by atoms with Gasteiger partial charge in [0, 0.05) is 31.7 Å². The summed E-state index contributed by atoms with van der Waals surface area (Å²) in [7, 11) is 0. The summed E-state index contributed by atoms with van der Waals surface area (Å²) in [4.78, 5) is 13.9. The molecule has 198 valence electrons. The second-order valence-corrected chi connectivity index (χ2v) is 9.08. The topological polar surface area (TPSA) is 32.3 Å². The molecule has 0 saturated heterocycles. The van der Waals surface area contributed by atoms with Gasteiger partial charge in [0.05, 0.1) is 21.2 Å². The van der Waals surface area contributed by atoms with Crippen LogP contribution in [-0.4, -0.2) is 19.0 Å². The van der Waals surface area contributed by atoms with E-state index in [1.54, 1.807) is 0 Å². The number of rotatable bonds is 9. The number of nitrogens with one attached hydrogen (secondary N) is 1. The lowest BCUT2D eigenvalue weighted by Crippen LogP contribution is -2.32. The molecule has 1 N–H and O–H groups in total. The van der Waals surface area contributed by atoms with Crippen LogP contribution in [0.25, 0.3) is 0 Å². The number of carbonyl (C=O) groups excluding carboxylic acids is 1. The lowest BCUT2D eigenvalue weighted by Gasteiger charge is -2.26. The molecule has 0 bridgehead atoms. The minimum absolute atomic E-state index is 0.00667. The van der Waals surface area contributed by atoms with Crippen LogP contribution in [-0.2, 0) is 30.1 Å². The summed E-state index contributed by atoms with van der Waals surface area (Å²) in [6.45, 7) is 0.0488. The molecule has 0 radical (unpaired) electrons. The Balaban J connectivity index is 1.79. The van der Waals surface area contributed by atoms with Gasteiger partial charge in [0.2, 0.25) is 5.91 Å². The van der Waals surface area contributed by atoms with Gasteiger partial charge in [-0.05, 0) is 53.9 Å². The standard InChI is InChI=1S/C26H22Cl2F6N2O/c27-22-7-6-21(15-23(22)28)36(11-9-24(37)35-10-8-17-4-2-1-3-5-17)16-18-12-19(25(29,30)31)14-20(13-18)26(32,33)34/h1-7,12-15H,8-11,16H2,(H,35,37). The van der Waals surface area contributed by atoms with Crippen LogP contribution in [0.2, 0.25) is 10.0 Å². The van der Waals surface area contributed by atoms with Crippen molar-refractivity contribution in [3.8, 4) is 0 Å². The van der Waals surface area contributed by atoms with Crippen LogP contribution < -0.4 is 10.2 Å². The highest BCUT2D eigenvalue weighted by molar-refractivity contribution is 6.42. The lowest BCUT2D eigenvalue weighted by atomic mass is 10.0. The van der Waals surface area contributed by atoms with Gasteiger partial charge in [-0.25, -0.2) is 0 Å². The molecule has 3 rings (SSSR count). The highest BCUT2D eigenvalue weighted by atomic mass is 35.5. The maximum absolute atomic E-state index is 13.3. The molecule has 0 aromatic heterocycles. The van der Waals surface area contributed by atoms with Gasteiger partial charge in [-0.1, -0.05) is 53.5 Å². The molecule has 3 aromatic rings. The molecule has 0 saturated carbocycles. The zero-order chi connectivity index (χ0) is 27.2. The fourth-order valence-electron chi connectivity index (χ4n) is 3.63. The molecule has 3 nitrogen and oxygen atoms in total. The molecule has 0 fully saturated rings. The Morgan fingerprint density at radius 1 is 0.784 bits per heavy atom. The van der Waals surface area contributed by atoms with Gasteiger partial charge in [-0.2, -0.15) is 26.3 Å². The second kappa shape index (κ2) is 12.1. The Kier molecular flexibility index (Phi) is 9.36. The molecular weight excluding hydrogens is 541 g/mol. The fourth-order valence-corrected chi connectivity index (χ4v) is 3.92. The maximum atomic E-state index is 13.3. The molecule has 0 aliphatic rings. The number of amides is 1. The molecule has 1 amide bonds. The first-order chi connectivity index (χ1) is 17.3. The minimum atomic E-state index is -4.97. The summed E-state index contributed by atoms with van der Waals surface area (Å²) in [6, 6.07) is 15.3. The van der Waals surface area contributed by atoms with Crippen molar-refractivity contribution in [2.75, 3.05) is 18.0 Å². The number of hydrogen-bond donors (Lipinski definition) is 1. The van der Waals surface area contributed by atoms with Crippen molar-refractivity contribution in [1.82, 2.24) is 5.32 Å². The fraction of sp³-hybridized carbons (Fsp3) is 0.269. The molecule has 0 atom stereocenters. The van der Waals surface area contributed by atoms with Gasteiger partial charge in [0.1, 0.15) is 0 Å². The van der Waals surface area contributed by atoms with Gasteiger partial charge < -0.3 is 10.2 Å². The first kappa shape index (κ1) is 28.7. The average Bonchev–Trinajstić information content (AvgIpc) is 2.83. The third kappa shape index (κ3) is 8.57. The molecular formula is C26H22Cl2F6N2O. The molecule has 3 aromatic carbocycles. The number of anilines is 1. The summed E-state index contributed by atoms with van der Waals surface area (Å²) in [6.07, 6.45) is -9.39. The van der Waals surface area contributed by atoms with E-state index in [-0.39, 0.29) is 47.1 Å². The van der Waals surface area contributed by atoms with E-state index < -0.39 is 23.5 Å². The zero-order valence-electron chi connectivity index (χ0n) is 19.3. The van der Waals surface area contributed by atoms with E-state index in [1.165, 1.54) is 23.1 Å². The average molecular weight is 563 g/mol. The van der Waals surface area contributed by atoms with Gasteiger partial charge >= 0.3 is 12.4 Å². The maximum Gasteiger partial charge on any atom is 0.416 e. The van der Waals surface area contributed by atoms with Crippen LogP contribution >= 0.6 is 23.2 Å². The summed E-state index contributed by atoms with van der Waals surface area (Å²) in [5.41, 5.74) is -1.63. The smallest absolute Gasteiger partial charge is 0.367 e. The van der Waals surface area contributed by atoms with Crippen molar-refractivity contribution < 1.29 is 31.1 Å². The van der Waals surface area contributed by atoms with E-state index in [4.69, 9.17) is 23.2 Å². The van der Waals surface area contributed by atoms with Crippen LogP contribution in [0.1, 0.15) is 28.7 Å². The monoisotopic (exact) mass is 562 g/mol. The quantitative estimate of drug-likeness (QED) is 0.270. The highest BCUT2D eigenvalue weighted by Gasteiger charge is 2.37. The van der Waals surface area contributed by atoms with Crippen LogP contribution in [0.15, 0.2) is 66.7 Å². The van der Waals surface area contributed by atoms with Crippen LogP contribution in [0.3, 0.4) is 0 Å². The molecule has 0 unspecified atom stereocenters. The molecule has 0 spiro atoms. The van der Waals surface area contributed by atoms with E-state index in [2.05, 4.69) is 5.32 Å². The minimum Gasteiger partial charge on any atom is -0.367 e. The van der Waals surface area contributed by atoms with Crippen LogP contribution in [0.4, 0.5) is 32.0 Å². The molecule has 0 aliphatic heterocycles. The summed E-state index contributed by atoms with van der Waals surface area (Å²) < 4.78 is 79.9. The van der Waals surface area contributed by atoms with Crippen molar-refractivity contribution in [2.24, 2.45) is 0 Å². The third-order valence-electron chi connectivity index (χ3n) is 5.48. The predicted octanol–water partition coefficient (Wildman–Crippen LogP) is 7.79. The van der Waals surface area contributed by atoms with Crippen LogP contribution in [0, 0.1) is 0 Å². The number of hydrogen-bond acceptors (Lipinski definition) is 2. The van der Waals surface area contributed by atoms with Gasteiger partial charge in [-0.3, -0.25) is 4.79 Å². The SMILES string of the molecule is O=C(CCN(Cc1cc(C(F)(F)F)cc(C(F)(F)F)c1)c1ccc(Cl)c(Cl)c1)NCCc1ccccc1. The number of alkyl halides is 6. The predicted molar refractivity (Wildman–Crippen MR) is 132 cm³/mol. The summed E-state index contributed by atoms with van der Waals surface area (Å²) >= 11 is 12.0. The van der Waals surface area contributed by atoms with E-state index >= 15 is 0 Å². The van der Waals surface area contributed by atoms with Crippen molar-refractivity contribution in [3.05, 3.63) is 99.0 Å². The van der Waals surface area contributed by atoms with E-state index in [0.29, 0.717) is 30.8 Å². The molecule has 0 heterocycles. The number of carbonyl (C=O) groups is 1. The van der Waals surface area contributed by atoms with Crippen LogP contribution in [0.5, 0.6) is 0 Å². The molecule has 11 heteroatoms. The number of nitrogens with zero attached hydrogens (tertiary/aromatic N) is 1. The molecule has 0 aliphatic carbocycles. The lowest BCUT2D eigenvalue weighted by molar-refractivity contribution is -0.143. The Hall–Kier alpha value is -2.91. The second-order valence-electron chi connectivity index (χ2n) is 8.27. The van der Waals surface area contributed by atoms with E-state index in [0.717, 1.165) is 5.56 Å². The Bertz CT molecular complexity index is 1180. The first-order valence-electron chi connectivity index (χ1n) is 11.1. The Morgan fingerprint density at radius 3 is 1.97 bits per heavy atom. The summed E-state index contributed by atoms with van der Waals surface area (Å²) in [5.74, 6) is -0.319. The Labute approximate surface area is 220 Å². The third-order valence-corrected chi connectivity index (χ3v) is 6.22. The highest BCUT2D eigenvalue weighted by Crippen LogP contribution is 2.37. The van der Waals surface area contributed by atoms with Crippen molar-refractivity contribution in [1.29, 1.82) is 0 Å². The van der Waals surface area contributed by atoms with Crippen molar-refractivity contribution in [2.45, 2.75) is 31.7 Å². The molecule has 37 heavy (non-hydrogen) atoms. The van der Waals surface area contributed by atoms with E-state index in [9.17, 15) is 31.1 Å².